The average molecular weight is 474 g/mol. The molecule has 0 aliphatic heterocycles. The molecule has 3 atom stereocenters. The summed E-state index contributed by atoms with van der Waals surface area (Å²) in [5, 5.41) is 16.2. The highest BCUT2D eigenvalue weighted by atomic mass is 32.2. The Balaban J connectivity index is 0.00000122. The molecule has 2 aromatic carbocycles. The molecule has 1 amide bonds. The standard InChI is InChI=1S/C22H27N3O4S.C3H8/c1-15(2)24-18(14-30(28)13-16-8-4-3-5-9-16)21(27)23-12-19(26)22-25-17-10-6-7-11-20(17)29-22;1-3-2/h3-11,15,18-19,24,26H,12-14H2,1-2H3,(H,23,27);3H2,1-2H3. The van der Waals surface area contributed by atoms with Gasteiger partial charge in [0, 0.05) is 28.3 Å². The Hall–Kier alpha value is -2.55. The van der Waals surface area contributed by atoms with Crippen molar-refractivity contribution in [2.24, 2.45) is 0 Å². The number of nitrogens with one attached hydrogen (secondary N) is 2. The van der Waals surface area contributed by atoms with Crippen LogP contribution >= 0.6 is 0 Å². The molecule has 0 saturated carbocycles. The fourth-order valence-electron chi connectivity index (χ4n) is 3.05. The molecule has 180 valence electrons. The fraction of sp³-hybridized carbons (Fsp3) is 0.440. The number of nitrogens with zero attached hydrogens (tertiary/aromatic N) is 1. The van der Waals surface area contributed by atoms with Gasteiger partial charge in [-0.1, -0.05) is 76.6 Å². The number of carbonyl (C=O) groups excluding carboxylic acids is 1. The van der Waals surface area contributed by atoms with E-state index in [4.69, 9.17) is 4.42 Å². The summed E-state index contributed by atoms with van der Waals surface area (Å²) in [7, 11) is -1.22. The van der Waals surface area contributed by atoms with Gasteiger partial charge in [-0.05, 0) is 17.7 Å². The van der Waals surface area contributed by atoms with Gasteiger partial charge in [0.1, 0.15) is 11.6 Å². The zero-order valence-electron chi connectivity index (χ0n) is 19.8. The largest absolute Gasteiger partial charge is 0.438 e. The van der Waals surface area contributed by atoms with Crippen LogP contribution in [-0.4, -0.2) is 44.6 Å². The van der Waals surface area contributed by atoms with Crippen molar-refractivity contribution in [3.8, 4) is 0 Å². The number of amides is 1. The number of hydrogen-bond donors (Lipinski definition) is 3. The lowest BCUT2D eigenvalue weighted by Gasteiger charge is -2.21. The molecule has 0 aliphatic carbocycles. The van der Waals surface area contributed by atoms with E-state index in [1.165, 1.54) is 6.42 Å². The van der Waals surface area contributed by atoms with Gasteiger partial charge in [-0.3, -0.25) is 9.00 Å². The molecule has 3 aromatic rings. The van der Waals surface area contributed by atoms with Crippen molar-refractivity contribution in [1.29, 1.82) is 0 Å². The van der Waals surface area contributed by atoms with Crippen molar-refractivity contribution in [1.82, 2.24) is 15.6 Å². The molecule has 0 radical (unpaired) electrons. The lowest BCUT2D eigenvalue weighted by atomic mass is 10.2. The van der Waals surface area contributed by atoms with Gasteiger partial charge < -0.3 is 20.2 Å². The Morgan fingerprint density at radius 1 is 1.09 bits per heavy atom. The van der Waals surface area contributed by atoms with Crippen LogP contribution in [-0.2, 0) is 21.3 Å². The van der Waals surface area contributed by atoms with Crippen molar-refractivity contribution in [2.45, 2.75) is 58.1 Å². The number of oxazole rings is 1. The van der Waals surface area contributed by atoms with Crippen molar-refractivity contribution < 1.29 is 18.5 Å². The first-order chi connectivity index (χ1) is 15.8. The number of aliphatic hydroxyl groups is 1. The van der Waals surface area contributed by atoms with E-state index in [0.29, 0.717) is 16.9 Å². The molecular formula is C25H35N3O4S. The predicted molar refractivity (Wildman–Crippen MR) is 133 cm³/mol. The van der Waals surface area contributed by atoms with Gasteiger partial charge in [0.15, 0.2) is 5.58 Å². The molecule has 0 fully saturated rings. The number of rotatable bonds is 10. The molecule has 0 spiro atoms. The molecule has 3 unspecified atom stereocenters. The van der Waals surface area contributed by atoms with E-state index >= 15 is 0 Å². The lowest BCUT2D eigenvalue weighted by molar-refractivity contribution is -0.123. The number of benzene rings is 2. The highest BCUT2D eigenvalue weighted by Crippen LogP contribution is 2.19. The summed E-state index contributed by atoms with van der Waals surface area (Å²) in [5.41, 5.74) is 2.19. The van der Waals surface area contributed by atoms with E-state index in [1.807, 2.05) is 56.3 Å². The summed E-state index contributed by atoms with van der Waals surface area (Å²) in [6, 6.07) is 16.2. The number of aromatic nitrogens is 1. The maximum absolute atomic E-state index is 12.7. The quantitative estimate of drug-likeness (QED) is 0.415. The Labute approximate surface area is 198 Å². The molecule has 0 saturated heterocycles. The van der Waals surface area contributed by atoms with Crippen LogP contribution in [0.3, 0.4) is 0 Å². The third kappa shape index (κ3) is 9.07. The van der Waals surface area contributed by atoms with Crippen LogP contribution in [0.25, 0.3) is 11.1 Å². The van der Waals surface area contributed by atoms with Crippen LogP contribution < -0.4 is 10.6 Å². The zero-order chi connectivity index (χ0) is 24.2. The fourth-order valence-corrected chi connectivity index (χ4v) is 4.35. The molecule has 7 nitrogen and oxygen atoms in total. The molecule has 0 bridgehead atoms. The van der Waals surface area contributed by atoms with Crippen molar-refractivity contribution >= 4 is 27.8 Å². The number of fused-ring (bicyclic) bond motifs is 1. The van der Waals surface area contributed by atoms with Crippen LogP contribution in [0.15, 0.2) is 59.0 Å². The first kappa shape index (κ1) is 26.7. The van der Waals surface area contributed by atoms with Gasteiger partial charge in [-0.2, -0.15) is 0 Å². The molecule has 3 N–H and O–H groups in total. The molecule has 1 heterocycles. The third-order valence-corrected chi connectivity index (χ3v) is 5.80. The highest BCUT2D eigenvalue weighted by molar-refractivity contribution is 7.84. The summed E-state index contributed by atoms with van der Waals surface area (Å²) in [5.74, 6) is 0.395. The van der Waals surface area contributed by atoms with E-state index in [0.717, 1.165) is 5.56 Å². The first-order valence-electron chi connectivity index (χ1n) is 11.3. The Morgan fingerprint density at radius 2 is 1.73 bits per heavy atom. The van der Waals surface area contributed by atoms with E-state index in [2.05, 4.69) is 29.5 Å². The van der Waals surface area contributed by atoms with Gasteiger partial charge in [0.25, 0.3) is 0 Å². The summed E-state index contributed by atoms with van der Waals surface area (Å²) in [6.07, 6.45) is 0.177. The van der Waals surface area contributed by atoms with Crippen LogP contribution in [0.4, 0.5) is 0 Å². The maximum Gasteiger partial charge on any atom is 0.238 e. The van der Waals surface area contributed by atoms with Crippen LogP contribution in [0.1, 0.15) is 51.7 Å². The van der Waals surface area contributed by atoms with Crippen LogP contribution in [0.2, 0.25) is 0 Å². The lowest BCUT2D eigenvalue weighted by Crippen LogP contribution is -2.50. The van der Waals surface area contributed by atoms with Crippen molar-refractivity contribution in [3.05, 3.63) is 66.1 Å². The highest BCUT2D eigenvalue weighted by Gasteiger charge is 2.24. The monoisotopic (exact) mass is 473 g/mol. The van der Waals surface area contributed by atoms with Gasteiger partial charge >= 0.3 is 0 Å². The van der Waals surface area contributed by atoms with E-state index in [-0.39, 0.29) is 30.1 Å². The van der Waals surface area contributed by atoms with E-state index in [9.17, 15) is 14.1 Å². The number of hydrogen-bond acceptors (Lipinski definition) is 6. The summed E-state index contributed by atoms with van der Waals surface area (Å²) in [4.78, 5) is 17.0. The second kappa shape index (κ2) is 13.9. The minimum absolute atomic E-state index is 0.0384. The van der Waals surface area contributed by atoms with Crippen molar-refractivity contribution in [2.75, 3.05) is 12.3 Å². The minimum atomic E-state index is -1.22. The van der Waals surface area contributed by atoms with Gasteiger partial charge in [-0.25, -0.2) is 4.98 Å². The van der Waals surface area contributed by atoms with Gasteiger partial charge in [0.2, 0.25) is 11.8 Å². The predicted octanol–water partition coefficient (Wildman–Crippen LogP) is 3.71. The Kier molecular flexibility index (Phi) is 11.2. The SMILES string of the molecule is CC(C)NC(CS(=O)Cc1ccccc1)C(=O)NCC(O)c1nc2ccccc2o1.CCC. The Morgan fingerprint density at radius 3 is 2.36 bits per heavy atom. The topological polar surface area (TPSA) is 104 Å². The summed E-state index contributed by atoms with van der Waals surface area (Å²) >= 11 is 0. The normalized spacial score (nSPS) is 13.8. The first-order valence-corrected chi connectivity index (χ1v) is 12.8. The zero-order valence-corrected chi connectivity index (χ0v) is 20.6. The molecular weight excluding hydrogens is 438 g/mol. The second-order valence-corrected chi connectivity index (χ2v) is 9.60. The minimum Gasteiger partial charge on any atom is -0.438 e. The summed E-state index contributed by atoms with van der Waals surface area (Å²) < 4.78 is 18.1. The Bertz CT molecular complexity index is 974. The smallest absolute Gasteiger partial charge is 0.238 e. The number of aliphatic hydroxyl groups excluding tert-OH is 1. The molecule has 33 heavy (non-hydrogen) atoms. The molecule has 0 aliphatic rings. The third-order valence-electron chi connectivity index (χ3n) is 4.44. The molecule has 1 aromatic heterocycles. The second-order valence-electron chi connectivity index (χ2n) is 8.10. The average Bonchev–Trinajstić information content (AvgIpc) is 3.22. The van der Waals surface area contributed by atoms with Gasteiger partial charge in [-0.15, -0.1) is 0 Å². The van der Waals surface area contributed by atoms with E-state index < -0.39 is 22.9 Å². The summed E-state index contributed by atoms with van der Waals surface area (Å²) in [6.45, 7) is 8.05. The number of carbonyl (C=O) groups is 1. The molecule has 8 heteroatoms. The van der Waals surface area contributed by atoms with E-state index in [1.54, 1.807) is 12.1 Å². The maximum atomic E-state index is 12.7. The number of para-hydroxylation sites is 2. The van der Waals surface area contributed by atoms with Crippen LogP contribution in [0.5, 0.6) is 0 Å². The molecule has 3 rings (SSSR count). The van der Waals surface area contributed by atoms with Crippen LogP contribution in [0, 0.1) is 0 Å². The van der Waals surface area contributed by atoms with Crippen molar-refractivity contribution in [3.63, 3.8) is 0 Å². The van der Waals surface area contributed by atoms with Gasteiger partial charge in [0.05, 0.1) is 12.6 Å².